The minimum Gasteiger partial charge on any atom is -0.456 e. The number of benzene rings is 7. The quantitative estimate of drug-likeness (QED) is 0.181. The highest BCUT2D eigenvalue weighted by Gasteiger charge is 2.38. The van der Waals surface area contributed by atoms with E-state index in [0.717, 1.165) is 27.6 Å². The summed E-state index contributed by atoms with van der Waals surface area (Å²) in [4.78, 5) is 2.45. The molecule has 0 spiro atoms. The Hall–Kier alpha value is -5.84. The van der Waals surface area contributed by atoms with Gasteiger partial charge in [-0.15, -0.1) is 0 Å². The van der Waals surface area contributed by atoms with Gasteiger partial charge in [0.15, 0.2) is 0 Å². The molecule has 1 aliphatic rings. The van der Waals surface area contributed by atoms with Crippen molar-refractivity contribution in [3.8, 4) is 16.8 Å². The molecule has 10 rings (SSSR count). The largest absolute Gasteiger partial charge is 0.456 e. The lowest BCUT2D eigenvalue weighted by Gasteiger charge is -2.41. The maximum atomic E-state index is 6.16. The smallest absolute Gasteiger partial charge is 0.135 e. The van der Waals surface area contributed by atoms with Crippen LogP contribution in [-0.4, -0.2) is 12.6 Å². The first kappa shape index (κ1) is 27.3. The van der Waals surface area contributed by atoms with Gasteiger partial charge in [0, 0.05) is 44.3 Å². The van der Waals surface area contributed by atoms with E-state index < -0.39 is 8.07 Å². The highest BCUT2D eigenvalue weighted by Crippen LogP contribution is 2.41. The van der Waals surface area contributed by atoms with Crippen LogP contribution in [0, 0.1) is 0 Å². The molecule has 2 aromatic heterocycles. The van der Waals surface area contributed by atoms with E-state index in [2.05, 4.69) is 168 Å². The van der Waals surface area contributed by atoms with Gasteiger partial charge in [-0.25, -0.2) is 0 Å². The maximum Gasteiger partial charge on any atom is 0.135 e. The third-order valence-electron chi connectivity index (χ3n) is 10.4. The van der Waals surface area contributed by atoms with E-state index >= 15 is 0 Å². The van der Waals surface area contributed by atoms with Crippen LogP contribution in [0.25, 0.3) is 60.6 Å². The third kappa shape index (κ3) is 3.87. The van der Waals surface area contributed by atoms with Crippen molar-refractivity contribution < 1.29 is 4.42 Å². The number of furan rings is 1. The van der Waals surface area contributed by atoms with Gasteiger partial charge < -0.3 is 13.9 Å². The highest BCUT2D eigenvalue weighted by atomic mass is 28.3. The minimum atomic E-state index is -2.00. The Balaban J connectivity index is 1.15. The molecule has 7 aromatic carbocycles. The van der Waals surface area contributed by atoms with Gasteiger partial charge in [-0.05, 0) is 88.2 Å². The van der Waals surface area contributed by atoms with Gasteiger partial charge in [0.2, 0.25) is 0 Å². The molecule has 0 amide bonds. The Morgan fingerprint density at radius 2 is 1.10 bits per heavy atom. The lowest BCUT2D eigenvalue weighted by Crippen LogP contribution is -2.58. The number of hydrogen-bond acceptors (Lipinski definition) is 2. The van der Waals surface area contributed by atoms with Crippen molar-refractivity contribution in [1.29, 1.82) is 0 Å². The van der Waals surface area contributed by atoms with Crippen LogP contribution in [0.1, 0.15) is 0 Å². The van der Waals surface area contributed by atoms with E-state index in [-0.39, 0.29) is 0 Å². The van der Waals surface area contributed by atoms with E-state index in [1.54, 1.807) is 0 Å². The standard InChI is InChI=1S/C44H32N2OSi/c1-48(2)43-19-11-9-17-39(43)45(31-12-4-3-5-13-31)40-24-21-30(27-44(40)48)29-20-23-38-35(26-29)33-14-6-8-16-37(33)46(38)32-22-25-42-36(28-32)34-15-7-10-18-41(34)47-42/h3-28H,1-2H3. The average molecular weight is 633 g/mol. The summed E-state index contributed by atoms with van der Waals surface area (Å²) in [7, 11) is -2.00. The van der Waals surface area contributed by atoms with E-state index in [1.807, 2.05) is 12.1 Å². The van der Waals surface area contributed by atoms with Crippen LogP contribution < -0.4 is 15.3 Å². The second-order valence-corrected chi connectivity index (χ2v) is 17.7. The second kappa shape index (κ2) is 10.1. The van der Waals surface area contributed by atoms with E-state index in [0.29, 0.717) is 0 Å². The molecule has 0 unspecified atom stereocenters. The predicted octanol–water partition coefficient (Wildman–Crippen LogP) is 11.0. The fourth-order valence-corrected chi connectivity index (χ4v) is 11.0. The van der Waals surface area contributed by atoms with Crippen LogP contribution in [0.5, 0.6) is 0 Å². The lowest BCUT2D eigenvalue weighted by molar-refractivity contribution is 0.669. The molecule has 1 aliphatic heterocycles. The zero-order chi connectivity index (χ0) is 32.0. The molecule has 0 radical (unpaired) electrons. The summed E-state index contributed by atoms with van der Waals surface area (Å²) in [6, 6.07) is 57.5. The van der Waals surface area contributed by atoms with Crippen LogP contribution >= 0.6 is 0 Å². The first-order chi connectivity index (χ1) is 23.6. The molecular formula is C44H32N2OSi. The van der Waals surface area contributed by atoms with E-state index in [9.17, 15) is 0 Å². The van der Waals surface area contributed by atoms with Crippen molar-refractivity contribution in [3.05, 3.63) is 158 Å². The third-order valence-corrected chi connectivity index (χ3v) is 13.9. The first-order valence-electron chi connectivity index (χ1n) is 16.6. The molecule has 0 bridgehead atoms. The molecule has 228 valence electrons. The van der Waals surface area contributed by atoms with Gasteiger partial charge in [0.25, 0.3) is 0 Å². The van der Waals surface area contributed by atoms with Crippen LogP contribution in [0.2, 0.25) is 13.1 Å². The molecule has 0 N–H and O–H groups in total. The molecule has 48 heavy (non-hydrogen) atoms. The number of para-hydroxylation sites is 4. The lowest BCUT2D eigenvalue weighted by atomic mass is 10.0. The van der Waals surface area contributed by atoms with Crippen molar-refractivity contribution >= 4 is 79.3 Å². The fourth-order valence-electron chi connectivity index (χ4n) is 8.02. The van der Waals surface area contributed by atoms with Gasteiger partial charge in [-0.2, -0.15) is 0 Å². The van der Waals surface area contributed by atoms with Crippen molar-refractivity contribution in [2.75, 3.05) is 4.90 Å². The summed E-state index contributed by atoms with van der Waals surface area (Å²) >= 11 is 0. The van der Waals surface area contributed by atoms with Crippen LogP contribution in [-0.2, 0) is 0 Å². The maximum absolute atomic E-state index is 6.16. The van der Waals surface area contributed by atoms with Gasteiger partial charge >= 0.3 is 0 Å². The number of aromatic nitrogens is 1. The van der Waals surface area contributed by atoms with Crippen molar-refractivity contribution in [1.82, 2.24) is 4.57 Å². The monoisotopic (exact) mass is 632 g/mol. The number of nitrogens with zero attached hydrogens (tertiary/aromatic N) is 2. The number of fused-ring (bicyclic) bond motifs is 8. The topological polar surface area (TPSA) is 21.3 Å². The molecule has 4 heteroatoms. The number of anilines is 3. The van der Waals surface area contributed by atoms with Gasteiger partial charge in [0.05, 0.1) is 11.0 Å². The highest BCUT2D eigenvalue weighted by molar-refractivity contribution is 7.02. The molecule has 9 aromatic rings. The van der Waals surface area contributed by atoms with Crippen LogP contribution in [0.3, 0.4) is 0 Å². The summed E-state index contributed by atoms with van der Waals surface area (Å²) in [5.74, 6) is 0. The van der Waals surface area contributed by atoms with E-state index in [4.69, 9.17) is 4.42 Å². The predicted molar refractivity (Wildman–Crippen MR) is 205 cm³/mol. The van der Waals surface area contributed by atoms with Gasteiger partial charge in [-0.1, -0.05) is 104 Å². The zero-order valence-corrected chi connectivity index (χ0v) is 27.8. The normalized spacial score (nSPS) is 13.8. The molecule has 0 aliphatic carbocycles. The minimum absolute atomic E-state index is 0.912. The summed E-state index contributed by atoms with van der Waals surface area (Å²) in [5, 5.41) is 7.72. The van der Waals surface area contributed by atoms with Gasteiger partial charge in [0.1, 0.15) is 19.2 Å². The van der Waals surface area contributed by atoms with E-state index in [1.165, 1.54) is 60.4 Å². The Morgan fingerprint density at radius 1 is 0.438 bits per heavy atom. The molecule has 3 nitrogen and oxygen atoms in total. The SMILES string of the molecule is C[Si]1(C)c2ccccc2N(c2ccccc2)c2ccc(-c3ccc4c(c3)c3ccccc3n4-c3ccc4oc5ccccc5c4c3)cc21. The Bertz CT molecular complexity index is 2720. The summed E-state index contributed by atoms with van der Waals surface area (Å²) in [6.45, 7) is 4.99. The van der Waals surface area contributed by atoms with Crippen LogP contribution in [0.15, 0.2) is 162 Å². The summed E-state index contributed by atoms with van der Waals surface area (Å²) in [6.07, 6.45) is 0. The zero-order valence-electron chi connectivity index (χ0n) is 26.8. The fraction of sp³-hybridized carbons (Fsp3) is 0.0455. The summed E-state index contributed by atoms with van der Waals surface area (Å²) < 4.78 is 8.56. The Labute approximate surface area is 279 Å². The Morgan fingerprint density at radius 3 is 2.00 bits per heavy atom. The Kier molecular flexibility index (Phi) is 5.73. The van der Waals surface area contributed by atoms with Crippen LogP contribution in [0.4, 0.5) is 17.1 Å². The molecular weight excluding hydrogens is 601 g/mol. The first-order valence-corrected chi connectivity index (χ1v) is 19.6. The molecule has 3 heterocycles. The number of rotatable bonds is 3. The van der Waals surface area contributed by atoms with Crippen molar-refractivity contribution in [2.45, 2.75) is 13.1 Å². The molecule has 0 saturated carbocycles. The summed E-state index contributed by atoms with van der Waals surface area (Å²) in [5.41, 5.74) is 11.6. The van der Waals surface area contributed by atoms with Crippen molar-refractivity contribution in [3.63, 3.8) is 0 Å². The number of hydrogen-bond donors (Lipinski definition) is 0. The average Bonchev–Trinajstić information content (AvgIpc) is 3.67. The second-order valence-electron chi connectivity index (χ2n) is 13.4. The van der Waals surface area contributed by atoms with Crippen molar-refractivity contribution in [2.24, 2.45) is 0 Å². The molecule has 0 atom stereocenters. The molecule has 0 saturated heterocycles. The van der Waals surface area contributed by atoms with Gasteiger partial charge in [-0.3, -0.25) is 0 Å². The molecule has 0 fully saturated rings.